The first-order valence-corrected chi connectivity index (χ1v) is 36.4. The van der Waals surface area contributed by atoms with E-state index in [1.54, 1.807) is 44.2 Å². The van der Waals surface area contributed by atoms with Crippen LogP contribution >= 0.6 is 0 Å². The van der Waals surface area contributed by atoms with Gasteiger partial charge < -0.3 is 66.0 Å². The van der Waals surface area contributed by atoms with Gasteiger partial charge in [-0.05, 0) is 138 Å². The molecule has 0 saturated carbocycles. The number of aliphatic hydroxyl groups is 1. The summed E-state index contributed by atoms with van der Waals surface area (Å²) in [5.74, 6) is -10.2. The van der Waals surface area contributed by atoms with Crippen molar-refractivity contribution in [2.45, 2.75) is 252 Å². The number of hydrogen-bond donors (Lipinski definition) is 6. The molecule has 103 heavy (non-hydrogen) atoms. The summed E-state index contributed by atoms with van der Waals surface area (Å²) in [5, 5.41) is 25.1. The average molecular weight is 1450 g/mol. The monoisotopic (exact) mass is 1450 g/mol. The van der Waals surface area contributed by atoms with Gasteiger partial charge in [0.15, 0.2) is 0 Å². The average Bonchev–Trinajstić information content (AvgIpc) is 0.803. The molecule has 3 fully saturated rings. The Kier molecular flexibility index (Phi) is 31.6. The SMILES string of the molecule is CC(C)C[C@H]1C(=O)N[C@H](C(=O)N2CCCCC2)CC(=O)N[C@H](C)C(=O)N(C)[C@@H](CC(C)C)C(=O)N[C@@H](CCC(C)(C)C)C(=O)N(C)[C@@H](CC(C)C)C(=O)N2CCCC[C@H]2C(=O)N(C)[C@@H](C)C(=O)N[C@@H]([C@@H](C)O)C(=O)N(C)[C@@H](Cc2ccccc2)C(=O)N[C@@H](Cc2ccc(C(F)(F)F)cc2)C(=O)N1C. The van der Waals surface area contributed by atoms with E-state index < -0.39 is 168 Å². The Morgan fingerprint density at radius 3 is 1.54 bits per heavy atom. The molecule has 3 heterocycles. The van der Waals surface area contributed by atoms with Gasteiger partial charge in [-0.15, -0.1) is 0 Å². The Hall–Kier alpha value is -8.17. The first kappa shape index (κ1) is 85.5. The minimum absolute atomic E-state index is 0.0721. The van der Waals surface area contributed by atoms with Gasteiger partial charge in [-0.1, -0.05) is 105 Å². The van der Waals surface area contributed by atoms with Gasteiger partial charge in [0.25, 0.3) is 0 Å². The summed E-state index contributed by atoms with van der Waals surface area (Å²) in [4.78, 5) is 188. The van der Waals surface area contributed by atoms with Gasteiger partial charge in [0, 0.05) is 67.7 Å². The van der Waals surface area contributed by atoms with Crippen molar-refractivity contribution in [1.29, 1.82) is 0 Å². The number of likely N-dealkylation sites (N-methyl/N-ethyl adjacent to an activating group) is 5. The van der Waals surface area contributed by atoms with Gasteiger partial charge in [0.05, 0.1) is 18.1 Å². The highest BCUT2D eigenvalue weighted by molar-refractivity contribution is 6.00. The zero-order valence-electron chi connectivity index (χ0n) is 63.5. The van der Waals surface area contributed by atoms with E-state index in [1.807, 2.05) is 48.5 Å². The number of benzene rings is 2. The maximum Gasteiger partial charge on any atom is 0.416 e. The molecular formula is C75H115F3N12O13. The molecule has 25 nitrogen and oxygen atoms in total. The highest BCUT2D eigenvalue weighted by atomic mass is 19.4. The number of fused-ring (bicyclic) bond motifs is 1. The number of hydrogen-bond acceptors (Lipinski definition) is 13. The number of alkyl halides is 3. The zero-order chi connectivity index (χ0) is 77.3. The third-order valence-corrected chi connectivity index (χ3v) is 19.8. The van der Waals surface area contributed by atoms with Crippen molar-refractivity contribution >= 4 is 70.9 Å². The molecule has 0 radical (unpaired) electrons. The van der Waals surface area contributed by atoms with Gasteiger partial charge in [0.2, 0.25) is 70.9 Å². The molecule has 5 rings (SSSR count). The topological polar surface area (TPSA) is 308 Å². The molecule has 0 unspecified atom stereocenters. The van der Waals surface area contributed by atoms with Crippen LogP contribution in [0.4, 0.5) is 13.2 Å². The van der Waals surface area contributed by atoms with Crippen molar-refractivity contribution in [3.8, 4) is 0 Å². The number of nitrogens with zero attached hydrogens (tertiary/aromatic N) is 7. The van der Waals surface area contributed by atoms with E-state index in [0.717, 1.165) is 45.4 Å². The lowest BCUT2D eigenvalue weighted by Gasteiger charge is -2.42. The number of aliphatic hydroxyl groups excluding tert-OH is 1. The molecule has 574 valence electrons. The molecule has 6 N–H and O–H groups in total. The predicted molar refractivity (Wildman–Crippen MR) is 382 cm³/mol. The summed E-state index contributed by atoms with van der Waals surface area (Å²) in [6, 6.07) is -3.30. The molecule has 12 amide bonds. The highest BCUT2D eigenvalue weighted by Gasteiger charge is 2.45. The zero-order valence-corrected chi connectivity index (χ0v) is 63.5. The second-order valence-corrected chi connectivity index (χ2v) is 30.9. The van der Waals surface area contributed by atoms with E-state index in [0.29, 0.717) is 50.8 Å². The number of rotatable bonds is 14. The fourth-order valence-electron chi connectivity index (χ4n) is 13.4. The summed E-state index contributed by atoms with van der Waals surface area (Å²) in [5.41, 5.74) is -0.720. The molecule has 0 spiro atoms. The van der Waals surface area contributed by atoms with Crippen molar-refractivity contribution in [3.05, 3.63) is 71.3 Å². The van der Waals surface area contributed by atoms with Crippen LogP contribution in [0.2, 0.25) is 0 Å². The van der Waals surface area contributed by atoms with E-state index in [1.165, 1.54) is 75.6 Å². The van der Waals surface area contributed by atoms with Gasteiger partial charge in [-0.25, -0.2) is 0 Å². The molecular weight excluding hydrogens is 1330 g/mol. The number of likely N-dealkylation sites (tertiary alicyclic amines) is 1. The Balaban J connectivity index is 1.70. The third kappa shape index (κ3) is 24.2. The van der Waals surface area contributed by atoms with Crippen LogP contribution in [-0.4, -0.2) is 238 Å². The van der Waals surface area contributed by atoms with Crippen LogP contribution in [0.3, 0.4) is 0 Å². The third-order valence-electron chi connectivity index (χ3n) is 19.8. The highest BCUT2D eigenvalue weighted by Crippen LogP contribution is 2.31. The van der Waals surface area contributed by atoms with Crippen LogP contribution in [0.15, 0.2) is 54.6 Å². The van der Waals surface area contributed by atoms with Gasteiger partial charge in [-0.3, -0.25) is 57.5 Å². The van der Waals surface area contributed by atoms with Gasteiger partial charge >= 0.3 is 6.18 Å². The maximum atomic E-state index is 15.4. The lowest BCUT2D eigenvalue weighted by atomic mass is 9.88. The van der Waals surface area contributed by atoms with Crippen LogP contribution < -0.4 is 26.6 Å². The van der Waals surface area contributed by atoms with E-state index in [-0.39, 0.29) is 73.8 Å². The number of carbonyl (C=O) groups is 12. The van der Waals surface area contributed by atoms with E-state index in [9.17, 15) is 47.0 Å². The number of piperidine rings is 2. The van der Waals surface area contributed by atoms with Crippen LogP contribution in [0, 0.1) is 23.2 Å². The van der Waals surface area contributed by atoms with Gasteiger partial charge in [0.1, 0.15) is 66.5 Å². The second kappa shape index (κ2) is 38.0. The number of nitrogens with one attached hydrogen (secondary N) is 5. The molecule has 12 atom stereocenters. The predicted octanol–water partition coefficient (Wildman–Crippen LogP) is 5.23. The number of halogens is 3. The molecule has 2 aromatic carbocycles. The Morgan fingerprint density at radius 1 is 0.515 bits per heavy atom. The Bertz CT molecular complexity index is 3270. The normalized spacial score (nSPS) is 26.2. The van der Waals surface area contributed by atoms with Crippen LogP contribution in [-0.2, 0) is 76.6 Å². The maximum absolute atomic E-state index is 15.4. The minimum atomic E-state index is -4.74. The molecule has 3 aliphatic rings. The number of carbonyl (C=O) groups excluding carboxylic acids is 12. The standard InChI is InChI=1S/C75H115F3N12O13/c1-44(2)38-57-64(94)80-53(33-34-74(10,11)12)68(98)88(17)60(40-46(5)6)72(102)90-37-25-22-28-56(90)71(101)84(13)48(8)63(93)83-62(49(9)91)73(103)87(16)59(42-50-26-20-18-21-27-50)66(96)81-54(41-51-29-31-52(32-30-51)75(76,77)78)69(99)86(15)58(39-45(3)4)65(95)82-55(70(100)89-35-23-19-24-36-89)43-61(92)79-47(7)67(97)85(57)14/h18,20-21,26-27,29-32,44-49,53-60,62,91H,19,22-25,28,33-43H2,1-17H3,(H,79,92)(H,80,94)(H,81,96)(H,82,95)(H,83,93)/t47-,48+,49-,53+,54+,55+,56+,57+,58+,59+,60+,62+/m1/s1. The second-order valence-electron chi connectivity index (χ2n) is 30.9. The lowest BCUT2D eigenvalue weighted by Crippen LogP contribution is -2.63. The van der Waals surface area contributed by atoms with Crippen LogP contribution in [0.25, 0.3) is 0 Å². The molecule has 0 aromatic heterocycles. The molecule has 28 heteroatoms. The molecule has 3 aliphatic heterocycles. The summed E-state index contributed by atoms with van der Waals surface area (Å²) in [6.07, 6.45) is -3.89. The van der Waals surface area contributed by atoms with Crippen molar-refractivity contribution in [3.63, 3.8) is 0 Å². The van der Waals surface area contributed by atoms with E-state index in [2.05, 4.69) is 26.6 Å². The number of amides is 12. The molecule has 0 bridgehead atoms. The minimum Gasteiger partial charge on any atom is -0.391 e. The van der Waals surface area contributed by atoms with Crippen molar-refractivity contribution in [1.82, 2.24) is 60.9 Å². The van der Waals surface area contributed by atoms with Crippen LogP contribution in [0.5, 0.6) is 0 Å². The molecule has 0 aliphatic carbocycles. The summed E-state index contributed by atoms with van der Waals surface area (Å²) < 4.78 is 41.9. The van der Waals surface area contributed by atoms with Crippen molar-refractivity contribution in [2.24, 2.45) is 23.2 Å². The summed E-state index contributed by atoms with van der Waals surface area (Å²) >= 11 is 0. The first-order chi connectivity index (χ1) is 48.0. The summed E-state index contributed by atoms with van der Waals surface area (Å²) in [6.45, 7) is 21.6. The molecule has 3 saturated heterocycles. The van der Waals surface area contributed by atoms with Gasteiger partial charge in [-0.2, -0.15) is 13.2 Å². The smallest absolute Gasteiger partial charge is 0.391 e. The molecule has 2 aromatic rings. The summed E-state index contributed by atoms with van der Waals surface area (Å²) in [7, 11) is 6.74. The van der Waals surface area contributed by atoms with E-state index in [4.69, 9.17) is 0 Å². The quantitative estimate of drug-likeness (QED) is 0.141. The Labute approximate surface area is 606 Å². The first-order valence-electron chi connectivity index (χ1n) is 36.4. The van der Waals surface area contributed by atoms with E-state index >= 15 is 28.8 Å². The fraction of sp³-hybridized carbons (Fsp3) is 0.680. The van der Waals surface area contributed by atoms with Crippen molar-refractivity contribution < 1.29 is 75.8 Å². The van der Waals surface area contributed by atoms with Crippen LogP contribution in [0.1, 0.15) is 177 Å². The fourth-order valence-corrected chi connectivity index (χ4v) is 13.4. The van der Waals surface area contributed by atoms with Crippen molar-refractivity contribution in [2.75, 3.05) is 54.9 Å². The lowest BCUT2D eigenvalue weighted by molar-refractivity contribution is -0.155. The largest absolute Gasteiger partial charge is 0.416 e. The Morgan fingerprint density at radius 2 is 1.00 bits per heavy atom.